The van der Waals surface area contributed by atoms with E-state index in [1.54, 1.807) is 18.7 Å². The van der Waals surface area contributed by atoms with Gasteiger partial charge >= 0.3 is 0 Å². The van der Waals surface area contributed by atoms with Gasteiger partial charge in [0.2, 0.25) is 5.91 Å². The Morgan fingerprint density at radius 2 is 2.54 bits per heavy atom. The number of nitrogens with two attached hydrogens (primary N) is 1. The first kappa shape index (κ1) is 9.73. The topological polar surface area (TPSA) is 72.9 Å². The Hall–Kier alpha value is -1.36. The van der Waals surface area contributed by atoms with Gasteiger partial charge in [0.15, 0.2) is 0 Å². The maximum Gasteiger partial charge on any atom is 0.236 e. The van der Waals surface area contributed by atoms with Crippen LogP contribution in [0.5, 0.6) is 0 Å². The zero-order chi connectivity index (χ0) is 9.68. The molecule has 13 heavy (non-hydrogen) atoms. The molecule has 0 aromatic carbocycles. The number of rotatable bonds is 5. The Morgan fingerprint density at radius 3 is 3.00 bits per heavy atom. The number of nitrogens with zero attached hydrogens (tertiary/aromatic N) is 2. The van der Waals surface area contributed by atoms with Gasteiger partial charge in [0.25, 0.3) is 0 Å². The molecule has 1 unspecified atom stereocenters. The number of hydrogen-bond donors (Lipinski definition) is 2. The molecule has 0 fully saturated rings. The number of carbonyl (C=O) groups excluding carboxylic acids is 1. The Labute approximate surface area is 76.9 Å². The second-order valence-electron chi connectivity index (χ2n) is 2.77. The van der Waals surface area contributed by atoms with Crippen molar-refractivity contribution in [3.8, 4) is 0 Å². The molecule has 0 spiro atoms. The van der Waals surface area contributed by atoms with Crippen LogP contribution in [0.2, 0.25) is 0 Å². The molecule has 72 valence electrons. The normalized spacial score (nSPS) is 12.7. The van der Waals surface area contributed by atoms with E-state index in [9.17, 15) is 4.79 Å². The van der Waals surface area contributed by atoms with E-state index in [2.05, 4.69) is 10.3 Å². The molecule has 1 rings (SSSR count). The maximum absolute atomic E-state index is 10.9. The molecular weight excluding hydrogens is 168 g/mol. The van der Waals surface area contributed by atoms with E-state index in [0.29, 0.717) is 6.54 Å². The highest BCUT2D eigenvalue weighted by atomic mass is 16.1. The van der Waals surface area contributed by atoms with E-state index in [1.807, 2.05) is 11.5 Å². The minimum Gasteiger partial charge on any atom is -0.368 e. The molecule has 1 atom stereocenters. The number of likely N-dealkylation sites (N-methyl/N-ethyl adjacent to an activating group) is 1. The van der Waals surface area contributed by atoms with Gasteiger partial charge in [0.05, 0.1) is 6.33 Å². The first-order valence-corrected chi connectivity index (χ1v) is 4.22. The number of carbonyl (C=O) groups is 1. The molecule has 1 heterocycles. The van der Waals surface area contributed by atoms with Crippen LogP contribution in [-0.4, -0.2) is 28.0 Å². The SMILES string of the molecule is CCNC(Cn1ccnc1)C(N)=O. The summed E-state index contributed by atoms with van der Waals surface area (Å²) in [4.78, 5) is 14.8. The highest BCUT2D eigenvalue weighted by molar-refractivity contribution is 5.79. The summed E-state index contributed by atoms with van der Waals surface area (Å²) >= 11 is 0. The first-order chi connectivity index (χ1) is 6.24. The van der Waals surface area contributed by atoms with Gasteiger partial charge in [-0.1, -0.05) is 6.92 Å². The minimum absolute atomic E-state index is 0.320. The molecule has 3 N–H and O–H groups in total. The van der Waals surface area contributed by atoms with Crippen molar-refractivity contribution in [1.29, 1.82) is 0 Å². The van der Waals surface area contributed by atoms with Crippen LogP contribution >= 0.6 is 0 Å². The van der Waals surface area contributed by atoms with E-state index in [0.717, 1.165) is 6.54 Å². The van der Waals surface area contributed by atoms with Gasteiger partial charge < -0.3 is 15.6 Å². The summed E-state index contributed by atoms with van der Waals surface area (Å²) in [6.45, 7) is 3.19. The van der Waals surface area contributed by atoms with Gasteiger partial charge in [-0.05, 0) is 6.54 Å². The number of primary amides is 1. The van der Waals surface area contributed by atoms with Crippen LogP contribution in [0, 0.1) is 0 Å². The minimum atomic E-state index is -0.337. The van der Waals surface area contributed by atoms with Crippen molar-refractivity contribution in [3.63, 3.8) is 0 Å². The summed E-state index contributed by atoms with van der Waals surface area (Å²) in [5.74, 6) is -0.337. The quantitative estimate of drug-likeness (QED) is 0.635. The molecule has 0 saturated heterocycles. The van der Waals surface area contributed by atoms with Crippen molar-refractivity contribution in [2.45, 2.75) is 19.5 Å². The second kappa shape index (κ2) is 4.61. The summed E-state index contributed by atoms with van der Waals surface area (Å²) in [6, 6.07) is -0.320. The second-order valence-corrected chi connectivity index (χ2v) is 2.77. The molecule has 0 saturated carbocycles. The van der Waals surface area contributed by atoms with Crippen molar-refractivity contribution >= 4 is 5.91 Å². The van der Waals surface area contributed by atoms with Crippen LogP contribution in [-0.2, 0) is 11.3 Å². The average Bonchev–Trinajstić information content (AvgIpc) is 2.56. The maximum atomic E-state index is 10.9. The monoisotopic (exact) mass is 182 g/mol. The number of hydrogen-bond acceptors (Lipinski definition) is 3. The lowest BCUT2D eigenvalue weighted by molar-refractivity contribution is -0.120. The third-order valence-corrected chi connectivity index (χ3v) is 1.75. The van der Waals surface area contributed by atoms with Crippen LogP contribution in [0.25, 0.3) is 0 Å². The Bertz CT molecular complexity index is 257. The van der Waals surface area contributed by atoms with Crippen molar-refractivity contribution in [3.05, 3.63) is 18.7 Å². The fourth-order valence-corrected chi connectivity index (χ4v) is 1.11. The number of aromatic nitrogens is 2. The smallest absolute Gasteiger partial charge is 0.236 e. The van der Waals surface area contributed by atoms with Crippen molar-refractivity contribution in [1.82, 2.24) is 14.9 Å². The molecule has 1 aromatic rings. The van der Waals surface area contributed by atoms with Crippen molar-refractivity contribution in [2.75, 3.05) is 6.54 Å². The molecular formula is C8H14N4O. The summed E-state index contributed by atoms with van der Waals surface area (Å²) < 4.78 is 1.82. The molecule has 1 amide bonds. The number of amides is 1. The summed E-state index contributed by atoms with van der Waals surface area (Å²) in [5.41, 5.74) is 5.20. The summed E-state index contributed by atoms with van der Waals surface area (Å²) in [5, 5.41) is 3.00. The standard InChI is InChI=1S/C8H14N4O/c1-2-11-7(8(9)13)5-12-4-3-10-6-12/h3-4,6-7,11H,2,5H2,1H3,(H2,9,13). The molecule has 0 aliphatic rings. The van der Waals surface area contributed by atoms with Crippen LogP contribution in [0.1, 0.15) is 6.92 Å². The lowest BCUT2D eigenvalue weighted by Crippen LogP contribution is -2.43. The summed E-state index contributed by atoms with van der Waals surface area (Å²) in [7, 11) is 0. The van der Waals surface area contributed by atoms with E-state index < -0.39 is 0 Å². The van der Waals surface area contributed by atoms with Crippen LogP contribution in [0.3, 0.4) is 0 Å². The zero-order valence-corrected chi connectivity index (χ0v) is 7.60. The van der Waals surface area contributed by atoms with Gasteiger partial charge in [-0.25, -0.2) is 4.98 Å². The summed E-state index contributed by atoms with van der Waals surface area (Å²) in [6.07, 6.45) is 5.13. The lowest BCUT2D eigenvalue weighted by atomic mass is 10.3. The lowest BCUT2D eigenvalue weighted by Gasteiger charge is -2.13. The molecule has 0 radical (unpaired) electrons. The predicted octanol–water partition coefficient (Wildman–Crippen LogP) is -0.653. The molecule has 0 aliphatic heterocycles. The van der Waals surface area contributed by atoms with E-state index in [4.69, 9.17) is 5.73 Å². The van der Waals surface area contributed by atoms with E-state index >= 15 is 0 Å². The van der Waals surface area contributed by atoms with E-state index in [1.165, 1.54) is 0 Å². The Balaban J connectivity index is 2.52. The van der Waals surface area contributed by atoms with Crippen LogP contribution in [0.4, 0.5) is 0 Å². The van der Waals surface area contributed by atoms with Gasteiger partial charge in [0.1, 0.15) is 6.04 Å². The van der Waals surface area contributed by atoms with Crippen LogP contribution < -0.4 is 11.1 Å². The van der Waals surface area contributed by atoms with Gasteiger partial charge in [-0.15, -0.1) is 0 Å². The Kier molecular flexibility index (Phi) is 3.45. The third-order valence-electron chi connectivity index (χ3n) is 1.75. The molecule has 1 aromatic heterocycles. The highest BCUT2D eigenvalue weighted by Crippen LogP contribution is 1.91. The fourth-order valence-electron chi connectivity index (χ4n) is 1.11. The van der Waals surface area contributed by atoms with Gasteiger partial charge in [-0.2, -0.15) is 0 Å². The molecule has 0 bridgehead atoms. The zero-order valence-electron chi connectivity index (χ0n) is 7.60. The van der Waals surface area contributed by atoms with E-state index in [-0.39, 0.29) is 11.9 Å². The molecule has 0 aliphatic carbocycles. The van der Waals surface area contributed by atoms with Crippen molar-refractivity contribution < 1.29 is 4.79 Å². The highest BCUT2D eigenvalue weighted by Gasteiger charge is 2.13. The third kappa shape index (κ3) is 2.87. The van der Waals surface area contributed by atoms with Crippen LogP contribution in [0.15, 0.2) is 18.7 Å². The fraction of sp³-hybridized carbons (Fsp3) is 0.500. The number of nitrogens with one attached hydrogen (secondary N) is 1. The predicted molar refractivity (Wildman–Crippen MR) is 48.9 cm³/mol. The first-order valence-electron chi connectivity index (χ1n) is 4.22. The Morgan fingerprint density at radius 1 is 1.77 bits per heavy atom. The largest absolute Gasteiger partial charge is 0.368 e. The molecule has 5 heteroatoms. The average molecular weight is 182 g/mol. The van der Waals surface area contributed by atoms with Crippen molar-refractivity contribution in [2.24, 2.45) is 5.73 Å². The molecule has 5 nitrogen and oxygen atoms in total. The van der Waals surface area contributed by atoms with Gasteiger partial charge in [0, 0.05) is 18.9 Å². The van der Waals surface area contributed by atoms with Gasteiger partial charge in [-0.3, -0.25) is 4.79 Å². The number of imidazole rings is 1.